The molecule has 33 heavy (non-hydrogen) atoms. The highest BCUT2D eigenvalue weighted by molar-refractivity contribution is 5.91. The lowest BCUT2D eigenvalue weighted by molar-refractivity contribution is 0.0317. The summed E-state index contributed by atoms with van der Waals surface area (Å²) in [5, 5.41) is 4.50. The van der Waals surface area contributed by atoms with Gasteiger partial charge in [-0.1, -0.05) is 36.4 Å². The lowest BCUT2D eigenvalue weighted by Crippen LogP contribution is -2.38. The zero-order valence-electron chi connectivity index (χ0n) is 18.6. The smallest absolute Gasteiger partial charge is 0.345 e. The molecular formula is C25H27N3O5. The molecule has 0 saturated carbocycles. The zero-order chi connectivity index (χ0) is 23.0. The van der Waals surface area contributed by atoms with E-state index < -0.39 is 5.97 Å². The van der Waals surface area contributed by atoms with Crippen molar-refractivity contribution >= 4 is 12.3 Å². The topological polar surface area (TPSA) is 82.9 Å². The van der Waals surface area contributed by atoms with Gasteiger partial charge in [-0.25, -0.2) is 9.48 Å². The van der Waals surface area contributed by atoms with Crippen LogP contribution in [0, 0.1) is 0 Å². The van der Waals surface area contributed by atoms with Gasteiger partial charge in [0.15, 0.2) is 0 Å². The lowest BCUT2D eigenvalue weighted by atomic mass is 10.0. The second-order valence-electron chi connectivity index (χ2n) is 7.60. The summed E-state index contributed by atoms with van der Waals surface area (Å²) in [6.45, 7) is 6.37. The number of nitrogens with zero attached hydrogens (tertiary/aromatic N) is 3. The molecule has 8 nitrogen and oxygen atoms in total. The molecule has 0 amide bonds. The van der Waals surface area contributed by atoms with Crippen LogP contribution in [0.2, 0.25) is 0 Å². The molecule has 0 spiro atoms. The summed E-state index contributed by atoms with van der Waals surface area (Å²) in [7, 11) is 0. The Labute approximate surface area is 192 Å². The van der Waals surface area contributed by atoms with Crippen molar-refractivity contribution < 1.29 is 23.8 Å². The normalized spacial score (nSPS) is 14.1. The Morgan fingerprint density at radius 1 is 1.06 bits per heavy atom. The molecule has 1 fully saturated rings. The van der Waals surface area contributed by atoms with E-state index in [1.807, 2.05) is 36.4 Å². The van der Waals surface area contributed by atoms with Gasteiger partial charge in [-0.05, 0) is 30.2 Å². The quantitative estimate of drug-likeness (QED) is 0.366. The Bertz CT molecular complexity index is 1070. The average Bonchev–Trinajstić information content (AvgIpc) is 3.29. The molecule has 3 aromatic rings. The number of benzene rings is 2. The predicted octanol–water partition coefficient (Wildman–Crippen LogP) is 3.24. The first-order valence-electron chi connectivity index (χ1n) is 11.0. The van der Waals surface area contributed by atoms with Gasteiger partial charge in [-0.15, -0.1) is 5.10 Å². The van der Waals surface area contributed by atoms with Crippen LogP contribution in [0.15, 0.2) is 54.7 Å². The average molecular weight is 450 g/mol. The zero-order valence-corrected chi connectivity index (χ0v) is 18.6. The number of hydrogen-bond acceptors (Lipinski definition) is 7. The number of hydrogen-bond donors (Lipinski definition) is 0. The van der Waals surface area contributed by atoms with Crippen molar-refractivity contribution in [3.63, 3.8) is 0 Å². The first-order chi connectivity index (χ1) is 16.2. The van der Waals surface area contributed by atoms with Gasteiger partial charge in [-0.3, -0.25) is 9.69 Å². The Kier molecular flexibility index (Phi) is 7.49. The van der Waals surface area contributed by atoms with E-state index in [4.69, 9.17) is 14.2 Å². The molecule has 0 bridgehead atoms. The van der Waals surface area contributed by atoms with Crippen molar-refractivity contribution in [2.24, 2.45) is 0 Å². The molecule has 0 N–H and O–H groups in total. The Morgan fingerprint density at radius 3 is 2.36 bits per heavy atom. The van der Waals surface area contributed by atoms with Crippen molar-refractivity contribution in [3.05, 3.63) is 65.9 Å². The van der Waals surface area contributed by atoms with Crippen molar-refractivity contribution in [1.29, 1.82) is 0 Å². The summed E-state index contributed by atoms with van der Waals surface area (Å²) in [6, 6.07) is 15.2. The molecule has 0 unspecified atom stereocenters. The van der Waals surface area contributed by atoms with E-state index in [9.17, 15) is 9.59 Å². The Morgan fingerprint density at radius 2 is 1.73 bits per heavy atom. The molecular weight excluding hydrogens is 422 g/mol. The SMILES string of the molecule is CCOC(=O)c1cn(-c2ccc(-c3ccc(C=O)cc3)cc2)nc1OCCN1CCOCC1. The molecule has 0 radical (unpaired) electrons. The number of aromatic nitrogens is 2. The number of carbonyl (C=O) groups excluding carboxylic acids is 2. The molecule has 172 valence electrons. The third-order valence-corrected chi connectivity index (χ3v) is 5.44. The molecule has 1 aliphatic heterocycles. The highest BCUT2D eigenvalue weighted by atomic mass is 16.5. The van der Waals surface area contributed by atoms with Crippen molar-refractivity contribution in [1.82, 2.24) is 14.7 Å². The summed E-state index contributed by atoms with van der Waals surface area (Å²) in [5.41, 5.74) is 3.74. The van der Waals surface area contributed by atoms with E-state index >= 15 is 0 Å². The van der Waals surface area contributed by atoms with Gasteiger partial charge in [0.2, 0.25) is 5.88 Å². The third kappa shape index (κ3) is 5.66. The Balaban J connectivity index is 1.50. The number of esters is 1. The van der Waals surface area contributed by atoms with E-state index in [0.717, 1.165) is 55.9 Å². The van der Waals surface area contributed by atoms with Crippen LogP contribution in [-0.4, -0.2) is 73.0 Å². The van der Waals surface area contributed by atoms with Crippen LogP contribution in [0.5, 0.6) is 5.88 Å². The highest BCUT2D eigenvalue weighted by Gasteiger charge is 2.20. The lowest BCUT2D eigenvalue weighted by Gasteiger charge is -2.26. The number of morpholine rings is 1. The predicted molar refractivity (Wildman–Crippen MR) is 123 cm³/mol. The highest BCUT2D eigenvalue weighted by Crippen LogP contribution is 2.24. The summed E-state index contributed by atoms with van der Waals surface area (Å²) in [6.07, 6.45) is 2.46. The first kappa shape index (κ1) is 22.7. The largest absolute Gasteiger partial charge is 0.475 e. The van der Waals surface area contributed by atoms with Crippen LogP contribution in [-0.2, 0) is 9.47 Å². The molecule has 1 saturated heterocycles. The van der Waals surface area contributed by atoms with E-state index in [0.29, 0.717) is 17.7 Å². The van der Waals surface area contributed by atoms with Crippen LogP contribution in [0.25, 0.3) is 16.8 Å². The fourth-order valence-electron chi connectivity index (χ4n) is 3.60. The molecule has 4 rings (SSSR count). The van der Waals surface area contributed by atoms with Gasteiger partial charge in [0.25, 0.3) is 0 Å². The summed E-state index contributed by atoms with van der Waals surface area (Å²) in [4.78, 5) is 25.6. The maximum atomic E-state index is 12.5. The van der Waals surface area contributed by atoms with E-state index in [1.165, 1.54) is 0 Å². The van der Waals surface area contributed by atoms with Gasteiger partial charge >= 0.3 is 5.97 Å². The molecule has 1 aromatic heterocycles. The molecule has 1 aliphatic rings. The number of aldehydes is 1. The second-order valence-corrected chi connectivity index (χ2v) is 7.60. The molecule has 2 aromatic carbocycles. The summed E-state index contributed by atoms with van der Waals surface area (Å²) >= 11 is 0. The van der Waals surface area contributed by atoms with Crippen molar-refractivity contribution in [2.45, 2.75) is 6.92 Å². The fourth-order valence-corrected chi connectivity index (χ4v) is 3.60. The van der Waals surface area contributed by atoms with Crippen LogP contribution >= 0.6 is 0 Å². The fraction of sp³-hybridized carbons (Fsp3) is 0.320. The monoisotopic (exact) mass is 449 g/mol. The standard InChI is InChI=1S/C25H27N3O5/c1-2-32-25(30)23-17-28(26-24(23)33-16-13-27-11-14-31-15-12-27)22-9-7-21(8-10-22)20-5-3-19(18-29)4-6-20/h3-10,17-18H,2,11-16H2,1H3. The van der Waals surface area contributed by atoms with Gasteiger partial charge in [0.05, 0.1) is 25.5 Å². The molecule has 0 aliphatic carbocycles. The minimum atomic E-state index is -0.461. The van der Waals surface area contributed by atoms with Crippen molar-refractivity contribution in [2.75, 3.05) is 46.1 Å². The van der Waals surface area contributed by atoms with Gasteiger partial charge in [0.1, 0.15) is 18.5 Å². The molecule has 2 heterocycles. The van der Waals surface area contributed by atoms with E-state index in [2.05, 4.69) is 10.00 Å². The first-order valence-corrected chi connectivity index (χ1v) is 11.0. The Hall–Kier alpha value is -3.49. The minimum Gasteiger partial charge on any atom is -0.475 e. The minimum absolute atomic E-state index is 0.259. The maximum Gasteiger partial charge on any atom is 0.345 e. The van der Waals surface area contributed by atoms with Gasteiger partial charge in [-0.2, -0.15) is 0 Å². The van der Waals surface area contributed by atoms with Gasteiger partial charge < -0.3 is 14.2 Å². The summed E-state index contributed by atoms with van der Waals surface area (Å²) in [5.74, 6) is -0.202. The maximum absolute atomic E-state index is 12.5. The van der Waals surface area contributed by atoms with E-state index in [-0.39, 0.29) is 12.5 Å². The van der Waals surface area contributed by atoms with Crippen molar-refractivity contribution in [3.8, 4) is 22.7 Å². The number of rotatable bonds is 9. The number of carbonyl (C=O) groups is 2. The second kappa shape index (κ2) is 10.9. The van der Waals surface area contributed by atoms with Crippen LogP contribution in [0.3, 0.4) is 0 Å². The number of ether oxygens (including phenoxy) is 3. The summed E-state index contributed by atoms with van der Waals surface area (Å²) < 4.78 is 18.1. The molecule has 8 heteroatoms. The van der Waals surface area contributed by atoms with Crippen LogP contribution in [0.4, 0.5) is 0 Å². The van der Waals surface area contributed by atoms with Gasteiger partial charge in [0, 0.05) is 31.4 Å². The molecule has 0 atom stereocenters. The van der Waals surface area contributed by atoms with Crippen LogP contribution in [0.1, 0.15) is 27.6 Å². The van der Waals surface area contributed by atoms with E-state index in [1.54, 1.807) is 29.9 Å². The third-order valence-electron chi connectivity index (χ3n) is 5.44. The van der Waals surface area contributed by atoms with Crippen LogP contribution < -0.4 is 4.74 Å².